The fourth-order valence-electron chi connectivity index (χ4n) is 7.68. The summed E-state index contributed by atoms with van der Waals surface area (Å²) in [6.45, 7) is 0. The Morgan fingerprint density at radius 3 is 0.532 bits per heavy atom. The first-order valence-corrected chi connectivity index (χ1v) is 28.4. The third-order valence-electron chi connectivity index (χ3n) is 11.8. The Labute approximate surface area is 374 Å². The molecular weight excluding hydrogens is 857 g/mol. The fraction of sp³-hybridized carbons (Fsp3) is 0.435. The van der Waals surface area contributed by atoms with Crippen LogP contribution in [-0.4, -0.2) is 121 Å². The molecule has 0 atom stereocenters. The maximum absolute atomic E-state index is 5.72. The highest BCUT2D eigenvalue weighted by atomic mass is 28.4. The molecule has 0 aliphatic carbocycles. The summed E-state index contributed by atoms with van der Waals surface area (Å²) in [4.78, 5) is 0. The van der Waals surface area contributed by atoms with E-state index in [9.17, 15) is 0 Å². The second-order valence-corrected chi connectivity index (χ2v) is 27.1. The molecule has 16 heteroatoms. The molecule has 0 saturated heterocycles. The van der Waals surface area contributed by atoms with Crippen molar-refractivity contribution in [1.82, 2.24) is 0 Å². The van der Waals surface area contributed by atoms with Gasteiger partial charge in [0.25, 0.3) is 0 Å². The molecule has 0 heterocycles. The van der Waals surface area contributed by atoms with E-state index in [2.05, 4.69) is 97.1 Å². The molecule has 0 aromatic heterocycles. The summed E-state index contributed by atoms with van der Waals surface area (Å²) < 4.78 is 68.7. The number of hydrogen-bond acceptors (Lipinski definition) is 12. The molecule has 4 aromatic carbocycles. The van der Waals surface area contributed by atoms with Crippen LogP contribution in [0.3, 0.4) is 0 Å². The maximum atomic E-state index is 5.72. The summed E-state index contributed by atoms with van der Waals surface area (Å²) in [7, 11) is 8.81. The largest absolute Gasteiger partial charge is 0.500 e. The van der Waals surface area contributed by atoms with Crippen molar-refractivity contribution in [3.05, 3.63) is 142 Å². The SMILES string of the molecule is CO[Si](CCc1ccc(C(=C(c2ccc(CC[Si](OC)(OC)OC)cc2)c2ccc(CC[Si](OC)(OC)OC)cc2)c2ccc(CC[Si](OC)(OC)OC)cc2)cc1)(OC)OC. The Balaban J connectivity index is 1.89. The van der Waals surface area contributed by atoms with E-state index in [1.807, 2.05) is 0 Å². The number of aryl methyl sites for hydroxylation is 4. The minimum absolute atomic E-state index is 0.662. The van der Waals surface area contributed by atoms with Gasteiger partial charge in [0, 0.05) is 109 Å². The van der Waals surface area contributed by atoms with E-state index in [1.165, 1.54) is 0 Å². The van der Waals surface area contributed by atoms with Gasteiger partial charge in [-0.3, -0.25) is 0 Å². The molecule has 12 nitrogen and oxygen atoms in total. The van der Waals surface area contributed by atoms with Gasteiger partial charge >= 0.3 is 35.2 Å². The van der Waals surface area contributed by atoms with Gasteiger partial charge in [-0.05, 0) is 81.3 Å². The Bertz CT molecular complexity index is 1620. The summed E-state index contributed by atoms with van der Waals surface area (Å²) in [6.07, 6.45) is 3.00. The highest BCUT2D eigenvalue weighted by Gasteiger charge is 2.39. The summed E-state index contributed by atoms with van der Waals surface area (Å²) in [5.74, 6) is 0. The Morgan fingerprint density at radius 1 is 0.258 bits per heavy atom. The van der Waals surface area contributed by atoms with Crippen molar-refractivity contribution >= 4 is 46.4 Å². The van der Waals surface area contributed by atoms with Crippen molar-refractivity contribution in [3.63, 3.8) is 0 Å². The molecule has 340 valence electrons. The maximum Gasteiger partial charge on any atom is 0.500 e. The zero-order valence-electron chi connectivity index (χ0n) is 38.8. The average molecular weight is 925 g/mol. The molecule has 4 rings (SSSR count). The van der Waals surface area contributed by atoms with Crippen molar-refractivity contribution < 1.29 is 53.1 Å². The van der Waals surface area contributed by atoms with Gasteiger partial charge in [0.15, 0.2) is 0 Å². The van der Waals surface area contributed by atoms with E-state index in [0.717, 1.165) is 81.3 Å². The van der Waals surface area contributed by atoms with E-state index in [0.29, 0.717) is 24.2 Å². The molecule has 0 amide bonds. The molecule has 0 bridgehead atoms. The van der Waals surface area contributed by atoms with Crippen LogP contribution in [0.25, 0.3) is 11.1 Å². The van der Waals surface area contributed by atoms with Crippen LogP contribution in [0.2, 0.25) is 24.2 Å². The molecule has 0 spiro atoms. The molecule has 4 aromatic rings. The Kier molecular flexibility index (Phi) is 20.7. The van der Waals surface area contributed by atoms with Gasteiger partial charge in [-0.2, -0.15) is 0 Å². The lowest BCUT2D eigenvalue weighted by molar-refractivity contribution is 0.123. The summed E-state index contributed by atoms with van der Waals surface area (Å²) in [5, 5.41) is 0. The van der Waals surface area contributed by atoms with E-state index >= 15 is 0 Å². The second kappa shape index (κ2) is 24.9. The molecule has 0 radical (unpaired) electrons. The molecule has 62 heavy (non-hydrogen) atoms. The normalized spacial score (nSPS) is 12.5. The summed E-state index contributed by atoms with van der Waals surface area (Å²) >= 11 is 0. The fourth-order valence-corrected chi connectivity index (χ4v) is 14.5. The smallest absolute Gasteiger partial charge is 0.377 e. The molecule has 0 fully saturated rings. The highest BCUT2D eigenvalue weighted by Crippen LogP contribution is 2.38. The lowest BCUT2D eigenvalue weighted by Gasteiger charge is -2.25. The quantitative estimate of drug-likeness (QED) is 0.0403. The van der Waals surface area contributed by atoms with Crippen LogP contribution < -0.4 is 0 Å². The monoisotopic (exact) mass is 924 g/mol. The molecule has 0 N–H and O–H groups in total. The van der Waals surface area contributed by atoms with Gasteiger partial charge in [-0.25, -0.2) is 0 Å². The first-order chi connectivity index (χ1) is 30.0. The van der Waals surface area contributed by atoms with Crippen molar-refractivity contribution in [2.75, 3.05) is 85.3 Å². The van der Waals surface area contributed by atoms with Crippen LogP contribution in [-0.2, 0) is 78.8 Å². The van der Waals surface area contributed by atoms with Gasteiger partial charge in [0.1, 0.15) is 0 Å². The predicted octanol–water partition coefficient (Wildman–Crippen LogP) is 8.38. The first-order valence-electron chi connectivity index (χ1n) is 20.7. The third-order valence-corrected chi connectivity index (χ3v) is 22.7. The predicted molar refractivity (Wildman–Crippen MR) is 252 cm³/mol. The van der Waals surface area contributed by atoms with Crippen LogP contribution in [0.1, 0.15) is 44.5 Å². The van der Waals surface area contributed by atoms with Crippen LogP contribution in [0.15, 0.2) is 97.1 Å². The van der Waals surface area contributed by atoms with Crippen LogP contribution in [0.4, 0.5) is 0 Å². The molecular formula is C46H68O12Si4. The number of benzene rings is 4. The highest BCUT2D eigenvalue weighted by molar-refractivity contribution is 6.61. The van der Waals surface area contributed by atoms with Crippen LogP contribution >= 0.6 is 0 Å². The lowest BCUT2D eigenvalue weighted by Crippen LogP contribution is -2.43. The molecule has 0 unspecified atom stereocenters. The van der Waals surface area contributed by atoms with Crippen molar-refractivity contribution in [1.29, 1.82) is 0 Å². The first kappa shape index (κ1) is 51.6. The van der Waals surface area contributed by atoms with Crippen LogP contribution in [0.5, 0.6) is 0 Å². The lowest BCUT2D eigenvalue weighted by atomic mass is 9.84. The second-order valence-electron chi connectivity index (χ2n) is 14.7. The van der Waals surface area contributed by atoms with E-state index in [1.54, 1.807) is 85.3 Å². The summed E-state index contributed by atoms with van der Waals surface area (Å²) in [5.41, 5.74) is 11.2. The van der Waals surface area contributed by atoms with E-state index in [4.69, 9.17) is 53.1 Å². The topological polar surface area (TPSA) is 111 Å². The zero-order valence-corrected chi connectivity index (χ0v) is 42.8. The van der Waals surface area contributed by atoms with Gasteiger partial charge in [-0.15, -0.1) is 0 Å². The molecule has 0 aliphatic heterocycles. The number of rotatable bonds is 28. The van der Waals surface area contributed by atoms with Gasteiger partial charge < -0.3 is 53.1 Å². The van der Waals surface area contributed by atoms with Crippen molar-refractivity contribution in [3.8, 4) is 0 Å². The Morgan fingerprint density at radius 2 is 0.403 bits per heavy atom. The van der Waals surface area contributed by atoms with Gasteiger partial charge in [0.05, 0.1) is 0 Å². The van der Waals surface area contributed by atoms with Gasteiger partial charge in [-0.1, -0.05) is 97.1 Å². The van der Waals surface area contributed by atoms with Crippen LogP contribution in [0, 0.1) is 0 Å². The standard InChI is InChI=1S/C46H68O12Si4/c1-47-59(48-2,49-3)33-29-37-13-21-41(22-14-37)45(42-23-15-38(16-24-42)30-34-60(50-4,51-5)52-6)46(43-25-17-39(18-26-43)31-35-61(53-7,54-8)55-9)44-27-19-40(20-28-44)32-36-62(56-10,57-11)58-12/h13-28H,29-36H2,1-12H3. The van der Waals surface area contributed by atoms with E-state index < -0.39 is 35.2 Å². The van der Waals surface area contributed by atoms with Crippen molar-refractivity contribution in [2.45, 2.75) is 49.9 Å². The summed E-state index contributed by atoms with van der Waals surface area (Å²) in [6, 6.07) is 37.8. The molecule has 0 saturated carbocycles. The minimum atomic E-state index is -2.75. The number of hydrogen-bond donors (Lipinski definition) is 0. The Hall–Kier alpha value is -2.99. The van der Waals surface area contributed by atoms with Gasteiger partial charge in [0.2, 0.25) is 0 Å². The minimum Gasteiger partial charge on any atom is -0.377 e. The third kappa shape index (κ3) is 13.1. The van der Waals surface area contributed by atoms with E-state index in [-0.39, 0.29) is 0 Å². The zero-order chi connectivity index (χ0) is 45.2. The van der Waals surface area contributed by atoms with Crippen molar-refractivity contribution in [2.24, 2.45) is 0 Å². The molecule has 0 aliphatic rings. The average Bonchev–Trinajstić information content (AvgIpc) is 3.34.